The Morgan fingerprint density at radius 2 is 1.15 bits per heavy atom. The molecule has 0 unspecified atom stereocenters. The van der Waals surface area contributed by atoms with Crippen LogP contribution in [0.15, 0.2) is 78.9 Å². The first kappa shape index (κ1) is 27.6. The van der Waals surface area contributed by atoms with Crippen molar-refractivity contribution >= 4 is 0 Å². The summed E-state index contributed by atoms with van der Waals surface area (Å²) in [7, 11) is 0. The first-order valence-corrected chi connectivity index (χ1v) is 12.2. The molecule has 0 nitrogen and oxygen atoms in total. The van der Waals surface area contributed by atoms with Crippen LogP contribution in [0.25, 0.3) is 22.3 Å². The Labute approximate surface area is 223 Å². The third-order valence-electron chi connectivity index (χ3n) is 6.01. The molecule has 0 aromatic heterocycles. The third-order valence-corrected chi connectivity index (χ3v) is 6.01. The topological polar surface area (TPSA) is 0 Å². The zero-order valence-corrected chi connectivity index (χ0v) is 20.9. The van der Waals surface area contributed by atoms with Crippen LogP contribution in [0, 0.1) is 41.1 Å². The fourth-order valence-electron chi connectivity index (χ4n) is 3.93. The molecule has 4 aromatic carbocycles. The van der Waals surface area contributed by atoms with Gasteiger partial charge in [-0.2, -0.15) is 13.2 Å². The maximum absolute atomic E-state index is 14.8. The predicted octanol–water partition coefficient (Wildman–Crippen LogP) is 9.09. The highest BCUT2D eigenvalue weighted by molar-refractivity contribution is 5.71. The summed E-state index contributed by atoms with van der Waals surface area (Å²) in [6.45, 7) is 2.17. The quantitative estimate of drug-likeness (QED) is 0.178. The van der Waals surface area contributed by atoms with Gasteiger partial charge >= 0.3 is 6.18 Å². The standard InChI is InChI=1S/C33H22F6/c1-2-3-4-22-5-8-24(9-6-22)25-11-13-26(14-12-25)28-16-15-27(30(34)21-28)10-7-23-19-31(35)29(32(36)20-23)17-18-33(37,38)39/h5-6,8-9,11-16,19-21H,2-4H2,1H3. The second-order valence-electron chi connectivity index (χ2n) is 8.89. The fourth-order valence-corrected chi connectivity index (χ4v) is 3.93. The average molecular weight is 533 g/mol. The van der Waals surface area contributed by atoms with Crippen LogP contribution in [0.1, 0.15) is 42.0 Å². The maximum atomic E-state index is 14.8. The van der Waals surface area contributed by atoms with Crippen LogP contribution < -0.4 is 0 Å². The summed E-state index contributed by atoms with van der Waals surface area (Å²) in [5, 5.41) is 0. The Balaban J connectivity index is 1.50. The van der Waals surface area contributed by atoms with Gasteiger partial charge in [0.2, 0.25) is 0 Å². The number of benzene rings is 4. The second-order valence-corrected chi connectivity index (χ2v) is 8.89. The lowest BCUT2D eigenvalue weighted by Gasteiger charge is -2.07. The fraction of sp³-hybridized carbons (Fsp3) is 0.152. The van der Waals surface area contributed by atoms with Gasteiger partial charge in [0.15, 0.2) is 0 Å². The van der Waals surface area contributed by atoms with Crippen molar-refractivity contribution in [3.8, 4) is 45.9 Å². The van der Waals surface area contributed by atoms with Gasteiger partial charge in [0.25, 0.3) is 0 Å². The van der Waals surface area contributed by atoms with E-state index in [1.54, 1.807) is 6.07 Å². The van der Waals surface area contributed by atoms with Crippen molar-refractivity contribution in [3.05, 3.63) is 119 Å². The molecule has 0 aliphatic heterocycles. The van der Waals surface area contributed by atoms with E-state index in [0.29, 0.717) is 5.56 Å². The number of aryl methyl sites for hydroxylation is 1. The monoisotopic (exact) mass is 532 g/mol. The molecular weight excluding hydrogens is 510 g/mol. The van der Waals surface area contributed by atoms with E-state index in [1.165, 1.54) is 23.6 Å². The van der Waals surface area contributed by atoms with Crippen molar-refractivity contribution in [2.75, 3.05) is 0 Å². The smallest absolute Gasteiger partial charge is 0.206 e. The molecule has 0 heterocycles. The second kappa shape index (κ2) is 12.0. The van der Waals surface area contributed by atoms with Crippen LogP contribution in [-0.2, 0) is 6.42 Å². The van der Waals surface area contributed by atoms with Crippen molar-refractivity contribution in [2.24, 2.45) is 0 Å². The molecule has 0 saturated heterocycles. The normalized spacial score (nSPS) is 10.8. The summed E-state index contributed by atoms with van der Waals surface area (Å²) in [6.07, 6.45) is -1.52. The van der Waals surface area contributed by atoms with E-state index in [-0.39, 0.29) is 11.1 Å². The van der Waals surface area contributed by atoms with Crippen LogP contribution in [0.5, 0.6) is 0 Å². The minimum Gasteiger partial charge on any atom is -0.206 e. The van der Waals surface area contributed by atoms with Crippen molar-refractivity contribution in [1.29, 1.82) is 0 Å². The number of unbranched alkanes of at least 4 members (excludes halogenated alkanes) is 1. The van der Waals surface area contributed by atoms with Gasteiger partial charge in [-0.3, -0.25) is 0 Å². The molecule has 0 N–H and O–H groups in total. The van der Waals surface area contributed by atoms with Crippen LogP contribution in [0.4, 0.5) is 26.3 Å². The van der Waals surface area contributed by atoms with Gasteiger partial charge in [-0.05, 0) is 64.9 Å². The molecular formula is C33H22F6. The van der Waals surface area contributed by atoms with Gasteiger partial charge in [0.1, 0.15) is 17.5 Å². The molecule has 0 fully saturated rings. The largest absolute Gasteiger partial charge is 0.458 e. The first-order valence-electron chi connectivity index (χ1n) is 12.2. The summed E-state index contributed by atoms with van der Waals surface area (Å²) in [6, 6.07) is 22.1. The number of hydrogen-bond donors (Lipinski definition) is 0. The Morgan fingerprint density at radius 3 is 1.69 bits per heavy atom. The number of rotatable bonds is 5. The van der Waals surface area contributed by atoms with E-state index in [4.69, 9.17) is 0 Å². The molecule has 0 saturated carbocycles. The number of halogens is 6. The van der Waals surface area contributed by atoms with Crippen LogP contribution >= 0.6 is 0 Å². The predicted molar refractivity (Wildman–Crippen MR) is 141 cm³/mol. The summed E-state index contributed by atoms with van der Waals surface area (Å²) in [4.78, 5) is 0. The Morgan fingerprint density at radius 1 is 0.615 bits per heavy atom. The summed E-state index contributed by atoms with van der Waals surface area (Å²) < 4.78 is 79.6. The van der Waals surface area contributed by atoms with Gasteiger partial charge in [0, 0.05) is 11.5 Å². The van der Waals surface area contributed by atoms with E-state index in [1.807, 2.05) is 24.3 Å². The lowest BCUT2D eigenvalue weighted by Crippen LogP contribution is -2.02. The first-order chi connectivity index (χ1) is 18.6. The van der Waals surface area contributed by atoms with Crippen molar-refractivity contribution in [1.82, 2.24) is 0 Å². The molecule has 0 atom stereocenters. The van der Waals surface area contributed by atoms with Gasteiger partial charge in [-0.1, -0.05) is 85.7 Å². The zero-order chi connectivity index (χ0) is 28.0. The van der Waals surface area contributed by atoms with E-state index in [2.05, 4.69) is 43.0 Å². The Hall–Kier alpha value is -4.42. The lowest BCUT2D eigenvalue weighted by atomic mass is 9.98. The zero-order valence-electron chi connectivity index (χ0n) is 20.9. The minimum atomic E-state index is -4.89. The van der Waals surface area contributed by atoms with Crippen molar-refractivity contribution < 1.29 is 26.3 Å². The molecule has 0 amide bonds. The highest BCUT2D eigenvalue weighted by Crippen LogP contribution is 2.27. The molecule has 0 aliphatic rings. The van der Waals surface area contributed by atoms with Crippen LogP contribution in [0.3, 0.4) is 0 Å². The van der Waals surface area contributed by atoms with E-state index < -0.39 is 29.2 Å². The summed E-state index contributed by atoms with van der Waals surface area (Å²) >= 11 is 0. The van der Waals surface area contributed by atoms with E-state index in [9.17, 15) is 26.3 Å². The average Bonchev–Trinajstić information content (AvgIpc) is 2.90. The molecule has 39 heavy (non-hydrogen) atoms. The molecule has 4 rings (SSSR count). The van der Waals surface area contributed by atoms with Gasteiger partial charge < -0.3 is 0 Å². The molecule has 0 radical (unpaired) electrons. The molecule has 6 heteroatoms. The molecule has 0 bridgehead atoms. The number of alkyl halides is 3. The van der Waals surface area contributed by atoms with Crippen molar-refractivity contribution in [3.63, 3.8) is 0 Å². The molecule has 0 aliphatic carbocycles. The Kier molecular flexibility index (Phi) is 8.47. The third kappa shape index (κ3) is 7.33. The van der Waals surface area contributed by atoms with E-state index in [0.717, 1.165) is 54.0 Å². The summed E-state index contributed by atoms with van der Waals surface area (Å²) in [5.74, 6) is 4.02. The summed E-state index contributed by atoms with van der Waals surface area (Å²) in [5.41, 5.74) is 3.69. The minimum absolute atomic E-state index is 0.000267. The Bertz CT molecular complexity index is 1570. The lowest BCUT2D eigenvalue weighted by molar-refractivity contribution is -0.0696. The van der Waals surface area contributed by atoms with Gasteiger partial charge in [-0.15, -0.1) is 0 Å². The van der Waals surface area contributed by atoms with E-state index >= 15 is 0 Å². The molecule has 196 valence electrons. The highest BCUT2D eigenvalue weighted by Gasteiger charge is 2.23. The SMILES string of the molecule is CCCCc1ccc(-c2ccc(-c3ccc(C#Cc4cc(F)c(C#CC(F)(F)F)c(F)c4)c(F)c3)cc2)cc1. The van der Waals surface area contributed by atoms with Crippen molar-refractivity contribution in [2.45, 2.75) is 32.4 Å². The maximum Gasteiger partial charge on any atom is 0.458 e. The number of hydrogen-bond acceptors (Lipinski definition) is 0. The van der Waals surface area contributed by atoms with Gasteiger partial charge in [0.05, 0.1) is 11.1 Å². The highest BCUT2D eigenvalue weighted by atomic mass is 19.4. The van der Waals surface area contributed by atoms with Gasteiger partial charge in [-0.25, -0.2) is 13.2 Å². The van der Waals surface area contributed by atoms with Crippen LogP contribution in [0.2, 0.25) is 0 Å². The molecule has 4 aromatic rings. The molecule has 0 spiro atoms. The van der Waals surface area contributed by atoms with Crippen LogP contribution in [-0.4, -0.2) is 6.18 Å².